The normalized spacial score (nSPS) is 32.5. The van der Waals surface area contributed by atoms with Gasteiger partial charge in [-0.3, -0.25) is 0 Å². The molecule has 0 spiro atoms. The maximum absolute atomic E-state index is 6.05. The van der Waals surface area contributed by atoms with Crippen LogP contribution in [-0.2, 0) is 11.2 Å². The second-order valence-corrected chi connectivity index (χ2v) is 7.38. The van der Waals surface area contributed by atoms with Crippen LogP contribution in [0.5, 0.6) is 0 Å². The summed E-state index contributed by atoms with van der Waals surface area (Å²) in [6, 6.07) is 9.20. The van der Waals surface area contributed by atoms with Crippen molar-refractivity contribution >= 4 is 11.6 Å². The second-order valence-electron chi connectivity index (χ2n) is 6.94. The maximum Gasteiger partial charge on any atom is 0.0685 e. The lowest BCUT2D eigenvalue weighted by Gasteiger charge is -2.55. The first kappa shape index (κ1) is 14.4. The van der Waals surface area contributed by atoms with Gasteiger partial charge in [-0.05, 0) is 37.5 Å². The molecule has 3 rings (SSSR count). The third-order valence-electron chi connectivity index (χ3n) is 5.00. The van der Waals surface area contributed by atoms with Gasteiger partial charge in [-0.25, -0.2) is 0 Å². The van der Waals surface area contributed by atoms with Crippen LogP contribution in [0.1, 0.15) is 32.8 Å². The summed E-state index contributed by atoms with van der Waals surface area (Å²) in [5, 5.41) is 4.65. The Morgan fingerprint density at radius 3 is 3.00 bits per heavy atom. The van der Waals surface area contributed by atoms with Crippen molar-refractivity contribution in [2.75, 3.05) is 6.61 Å². The first-order valence-electron chi connectivity index (χ1n) is 7.60. The molecule has 1 aromatic carbocycles. The van der Waals surface area contributed by atoms with Gasteiger partial charge in [-0.1, -0.05) is 37.6 Å². The number of nitrogens with one attached hydrogen (secondary N) is 1. The van der Waals surface area contributed by atoms with Gasteiger partial charge in [-0.15, -0.1) is 0 Å². The zero-order valence-electron chi connectivity index (χ0n) is 12.5. The van der Waals surface area contributed by atoms with Crippen LogP contribution in [0.15, 0.2) is 24.3 Å². The lowest BCUT2D eigenvalue weighted by atomic mass is 9.57. The molecule has 1 aromatic rings. The van der Waals surface area contributed by atoms with E-state index in [0.717, 1.165) is 18.1 Å². The Hall–Kier alpha value is -0.570. The molecule has 1 aliphatic heterocycles. The highest BCUT2D eigenvalue weighted by Gasteiger charge is 2.59. The molecule has 2 aliphatic rings. The van der Waals surface area contributed by atoms with Gasteiger partial charge in [-0.2, -0.15) is 0 Å². The predicted molar refractivity (Wildman–Crippen MR) is 83.2 cm³/mol. The molecule has 2 fully saturated rings. The fourth-order valence-electron chi connectivity index (χ4n) is 4.05. The van der Waals surface area contributed by atoms with Crippen molar-refractivity contribution in [2.45, 2.75) is 51.8 Å². The number of fused-ring (bicyclic) bond motifs is 1. The summed E-state index contributed by atoms with van der Waals surface area (Å²) in [6.07, 6.45) is 2.68. The zero-order chi connectivity index (χ0) is 14.3. The summed E-state index contributed by atoms with van der Waals surface area (Å²) in [5.74, 6) is 0.701. The van der Waals surface area contributed by atoms with Crippen LogP contribution in [0.25, 0.3) is 0 Å². The molecule has 110 valence electrons. The minimum atomic E-state index is 0.254. The fourth-order valence-corrected chi connectivity index (χ4v) is 4.26. The van der Waals surface area contributed by atoms with Gasteiger partial charge in [0.1, 0.15) is 0 Å². The van der Waals surface area contributed by atoms with Crippen LogP contribution in [0.4, 0.5) is 0 Å². The second kappa shape index (κ2) is 5.32. The van der Waals surface area contributed by atoms with E-state index in [1.807, 2.05) is 12.1 Å². The van der Waals surface area contributed by atoms with Crippen molar-refractivity contribution in [3.05, 3.63) is 34.9 Å². The molecule has 1 saturated heterocycles. The van der Waals surface area contributed by atoms with Gasteiger partial charge >= 0.3 is 0 Å². The van der Waals surface area contributed by atoms with Crippen molar-refractivity contribution in [3.8, 4) is 0 Å². The Balaban J connectivity index is 1.60. The summed E-state index contributed by atoms with van der Waals surface area (Å²) in [7, 11) is 0. The SMILES string of the molecule is CC(Cc1cccc(Cl)c1)NC1C2CCOC2C1(C)C. The van der Waals surface area contributed by atoms with Crippen LogP contribution in [0.2, 0.25) is 5.02 Å². The number of halogens is 1. The maximum atomic E-state index is 6.05. The van der Waals surface area contributed by atoms with E-state index in [1.165, 1.54) is 12.0 Å². The molecule has 0 radical (unpaired) electrons. The Morgan fingerprint density at radius 1 is 1.45 bits per heavy atom. The molecule has 2 nitrogen and oxygen atoms in total. The van der Waals surface area contributed by atoms with E-state index in [1.54, 1.807) is 0 Å². The summed E-state index contributed by atoms with van der Waals surface area (Å²) >= 11 is 6.05. The highest BCUT2D eigenvalue weighted by Crippen LogP contribution is 2.52. The van der Waals surface area contributed by atoms with E-state index in [0.29, 0.717) is 24.1 Å². The molecular formula is C17H24ClNO. The molecule has 0 amide bonds. The molecule has 0 aromatic heterocycles. The minimum absolute atomic E-state index is 0.254. The Kier molecular flexibility index (Phi) is 3.83. The molecule has 3 heteroatoms. The van der Waals surface area contributed by atoms with E-state index in [-0.39, 0.29) is 5.41 Å². The zero-order valence-corrected chi connectivity index (χ0v) is 13.3. The third-order valence-corrected chi connectivity index (χ3v) is 5.23. The number of ether oxygens (including phenoxy) is 1. The summed E-state index contributed by atoms with van der Waals surface area (Å²) < 4.78 is 5.86. The van der Waals surface area contributed by atoms with E-state index < -0.39 is 0 Å². The van der Waals surface area contributed by atoms with Crippen molar-refractivity contribution in [1.29, 1.82) is 0 Å². The van der Waals surface area contributed by atoms with Gasteiger partial charge in [0.25, 0.3) is 0 Å². The lowest BCUT2D eigenvalue weighted by Crippen LogP contribution is -2.67. The van der Waals surface area contributed by atoms with Crippen LogP contribution in [-0.4, -0.2) is 24.8 Å². The van der Waals surface area contributed by atoms with Crippen molar-refractivity contribution in [1.82, 2.24) is 5.32 Å². The molecular weight excluding hydrogens is 270 g/mol. The molecule has 4 unspecified atom stereocenters. The Labute approximate surface area is 126 Å². The molecule has 1 N–H and O–H groups in total. The molecule has 1 aliphatic carbocycles. The standard InChI is InChI=1S/C17H24ClNO/c1-11(9-12-5-4-6-13(18)10-12)19-15-14-7-8-20-16(14)17(15,2)3/h4-6,10-11,14-16,19H,7-9H2,1-3H3. The molecule has 1 saturated carbocycles. The van der Waals surface area contributed by atoms with Gasteiger partial charge in [0.05, 0.1) is 6.10 Å². The van der Waals surface area contributed by atoms with Crippen LogP contribution in [0.3, 0.4) is 0 Å². The highest BCUT2D eigenvalue weighted by molar-refractivity contribution is 6.30. The number of hydrogen-bond acceptors (Lipinski definition) is 2. The minimum Gasteiger partial charge on any atom is -0.377 e. The predicted octanol–water partition coefficient (Wildman–Crippen LogP) is 3.67. The number of rotatable bonds is 4. The van der Waals surface area contributed by atoms with Gasteiger partial charge in [0.15, 0.2) is 0 Å². The topological polar surface area (TPSA) is 21.3 Å². The van der Waals surface area contributed by atoms with Crippen LogP contribution in [0, 0.1) is 11.3 Å². The molecule has 20 heavy (non-hydrogen) atoms. The Morgan fingerprint density at radius 2 is 2.25 bits per heavy atom. The summed E-state index contributed by atoms with van der Waals surface area (Å²) in [5.41, 5.74) is 1.55. The average Bonchev–Trinajstić information content (AvgIpc) is 2.83. The van der Waals surface area contributed by atoms with Crippen LogP contribution >= 0.6 is 11.6 Å². The molecule has 1 heterocycles. The Bertz CT molecular complexity index is 488. The summed E-state index contributed by atoms with van der Waals surface area (Å²) in [4.78, 5) is 0. The lowest BCUT2D eigenvalue weighted by molar-refractivity contribution is -0.115. The number of benzene rings is 1. The van der Waals surface area contributed by atoms with Gasteiger partial charge < -0.3 is 10.1 Å². The highest BCUT2D eigenvalue weighted by atomic mass is 35.5. The largest absolute Gasteiger partial charge is 0.377 e. The fraction of sp³-hybridized carbons (Fsp3) is 0.647. The van der Waals surface area contributed by atoms with E-state index >= 15 is 0 Å². The first-order chi connectivity index (χ1) is 9.48. The average molecular weight is 294 g/mol. The monoisotopic (exact) mass is 293 g/mol. The smallest absolute Gasteiger partial charge is 0.0685 e. The van der Waals surface area contributed by atoms with Gasteiger partial charge in [0.2, 0.25) is 0 Å². The molecule has 0 bridgehead atoms. The third kappa shape index (κ3) is 2.49. The first-order valence-corrected chi connectivity index (χ1v) is 7.98. The van der Waals surface area contributed by atoms with Crippen LogP contribution < -0.4 is 5.32 Å². The number of hydrogen-bond donors (Lipinski definition) is 1. The van der Waals surface area contributed by atoms with E-state index in [9.17, 15) is 0 Å². The van der Waals surface area contributed by atoms with Gasteiger partial charge in [0, 0.05) is 35.0 Å². The quantitative estimate of drug-likeness (QED) is 0.914. The van der Waals surface area contributed by atoms with Crippen molar-refractivity contribution in [2.24, 2.45) is 11.3 Å². The van der Waals surface area contributed by atoms with E-state index in [4.69, 9.17) is 16.3 Å². The van der Waals surface area contributed by atoms with Crippen molar-refractivity contribution in [3.63, 3.8) is 0 Å². The van der Waals surface area contributed by atoms with Crippen molar-refractivity contribution < 1.29 is 4.74 Å². The summed E-state index contributed by atoms with van der Waals surface area (Å²) in [6.45, 7) is 7.84. The molecule has 4 atom stereocenters. The van der Waals surface area contributed by atoms with E-state index in [2.05, 4.69) is 38.2 Å².